The highest BCUT2D eigenvalue weighted by Crippen LogP contribution is 2.29. The van der Waals surface area contributed by atoms with E-state index in [0.717, 1.165) is 47.5 Å². The average molecular weight is 337 g/mol. The van der Waals surface area contributed by atoms with Crippen LogP contribution in [0, 0.1) is 5.82 Å². The quantitative estimate of drug-likeness (QED) is 0.758. The molecule has 4 rings (SSSR count). The molecule has 3 aromatic rings. The van der Waals surface area contributed by atoms with Crippen LogP contribution in [0.5, 0.6) is 0 Å². The van der Waals surface area contributed by atoms with E-state index in [4.69, 9.17) is 4.74 Å². The van der Waals surface area contributed by atoms with E-state index < -0.39 is 0 Å². The third-order valence-electron chi connectivity index (χ3n) is 4.49. The Morgan fingerprint density at radius 3 is 2.96 bits per heavy atom. The third kappa shape index (κ3) is 3.34. The lowest BCUT2D eigenvalue weighted by atomic mass is 10.0. The van der Waals surface area contributed by atoms with Crippen LogP contribution < -0.4 is 10.6 Å². The largest absolute Gasteiger partial charge is 0.378 e. The molecule has 0 saturated carbocycles. The Bertz CT molecular complexity index is 926. The van der Waals surface area contributed by atoms with E-state index in [1.54, 1.807) is 13.2 Å². The molecule has 0 spiro atoms. The first kappa shape index (κ1) is 16.0. The molecule has 0 fully saturated rings. The maximum absolute atomic E-state index is 13.7. The van der Waals surface area contributed by atoms with Crippen LogP contribution in [-0.4, -0.2) is 18.6 Å². The predicted molar refractivity (Wildman–Crippen MR) is 97.5 cm³/mol. The van der Waals surface area contributed by atoms with Crippen molar-refractivity contribution in [1.29, 1.82) is 0 Å². The first-order valence-corrected chi connectivity index (χ1v) is 8.40. The van der Waals surface area contributed by atoms with Gasteiger partial charge in [-0.2, -0.15) is 0 Å². The number of anilines is 2. The first-order chi connectivity index (χ1) is 12.2. The summed E-state index contributed by atoms with van der Waals surface area (Å²) in [6.07, 6.45) is 1.05. The number of halogens is 1. The zero-order valence-corrected chi connectivity index (χ0v) is 14.1. The average Bonchev–Trinajstić information content (AvgIpc) is 2.62. The molecule has 1 aliphatic heterocycles. The van der Waals surface area contributed by atoms with Crippen LogP contribution in [0.4, 0.5) is 15.8 Å². The van der Waals surface area contributed by atoms with Crippen LogP contribution in [0.3, 0.4) is 0 Å². The highest BCUT2D eigenvalue weighted by molar-refractivity contribution is 5.93. The lowest BCUT2D eigenvalue weighted by Gasteiger charge is -2.19. The van der Waals surface area contributed by atoms with Crippen molar-refractivity contribution in [3.63, 3.8) is 0 Å². The second-order valence-electron chi connectivity index (χ2n) is 6.29. The number of nitrogens with one attached hydrogen (secondary N) is 2. The van der Waals surface area contributed by atoms with Gasteiger partial charge < -0.3 is 15.4 Å². The summed E-state index contributed by atoms with van der Waals surface area (Å²) in [4.78, 5) is 4.54. The zero-order valence-electron chi connectivity index (χ0n) is 14.1. The van der Waals surface area contributed by atoms with Gasteiger partial charge in [-0.3, -0.25) is 4.98 Å². The van der Waals surface area contributed by atoms with Gasteiger partial charge in [-0.05, 0) is 60.5 Å². The number of ether oxygens (including phenoxy) is 1. The van der Waals surface area contributed by atoms with E-state index in [2.05, 4.69) is 33.8 Å². The fraction of sp³-hybridized carbons (Fsp3) is 0.250. The van der Waals surface area contributed by atoms with Crippen LogP contribution in [0.1, 0.15) is 16.8 Å². The minimum atomic E-state index is -0.272. The van der Waals surface area contributed by atoms with Crippen molar-refractivity contribution in [2.24, 2.45) is 0 Å². The van der Waals surface area contributed by atoms with Gasteiger partial charge >= 0.3 is 0 Å². The van der Waals surface area contributed by atoms with Gasteiger partial charge in [-0.25, -0.2) is 4.39 Å². The summed E-state index contributed by atoms with van der Waals surface area (Å²) in [6.45, 7) is 2.32. The summed E-state index contributed by atoms with van der Waals surface area (Å²) >= 11 is 0. The molecule has 0 radical (unpaired) electrons. The molecule has 0 atom stereocenters. The summed E-state index contributed by atoms with van der Waals surface area (Å²) in [7, 11) is 1.64. The molecule has 2 N–H and O–H groups in total. The smallest absolute Gasteiger partial charge is 0.124 e. The van der Waals surface area contributed by atoms with E-state index >= 15 is 0 Å². The van der Waals surface area contributed by atoms with Crippen molar-refractivity contribution in [3.05, 3.63) is 65.1 Å². The monoisotopic (exact) mass is 337 g/mol. The van der Waals surface area contributed by atoms with Crippen molar-refractivity contribution in [2.75, 3.05) is 19.0 Å². The van der Waals surface area contributed by atoms with Gasteiger partial charge in [0.15, 0.2) is 0 Å². The number of hydrogen-bond donors (Lipinski definition) is 2. The summed E-state index contributed by atoms with van der Waals surface area (Å²) < 4.78 is 18.9. The fourth-order valence-corrected chi connectivity index (χ4v) is 3.29. The van der Waals surface area contributed by atoms with Gasteiger partial charge in [-0.15, -0.1) is 0 Å². The normalized spacial score (nSPS) is 13.7. The van der Waals surface area contributed by atoms with E-state index in [1.807, 2.05) is 6.07 Å². The number of rotatable bonds is 4. The van der Waals surface area contributed by atoms with Gasteiger partial charge in [0, 0.05) is 30.4 Å². The van der Waals surface area contributed by atoms with Crippen molar-refractivity contribution in [2.45, 2.75) is 19.6 Å². The van der Waals surface area contributed by atoms with E-state index in [1.165, 1.54) is 23.3 Å². The maximum atomic E-state index is 13.7. The standard InChI is InChI=1S/C20H20FN3O/c1-25-12-17-10-20(18-9-15(21)3-5-19(18)24-17)23-16-4-2-13-6-7-22-11-14(13)8-16/h2-5,8-10,22H,6-7,11-12H2,1H3,(H,23,24). The molecule has 0 amide bonds. The fourth-order valence-electron chi connectivity index (χ4n) is 3.29. The number of benzene rings is 2. The summed E-state index contributed by atoms with van der Waals surface area (Å²) in [5.74, 6) is -0.272. The Labute approximate surface area is 146 Å². The lowest BCUT2D eigenvalue weighted by Crippen LogP contribution is -2.23. The molecular weight excluding hydrogens is 317 g/mol. The highest BCUT2D eigenvalue weighted by atomic mass is 19.1. The maximum Gasteiger partial charge on any atom is 0.124 e. The predicted octanol–water partition coefficient (Wildman–Crippen LogP) is 3.91. The molecule has 0 unspecified atom stereocenters. The van der Waals surface area contributed by atoms with Crippen LogP contribution in [0.15, 0.2) is 42.5 Å². The summed E-state index contributed by atoms with van der Waals surface area (Å²) in [6, 6.07) is 13.0. The van der Waals surface area contributed by atoms with Crippen LogP contribution in [-0.2, 0) is 24.3 Å². The molecule has 0 aliphatic carbocycles. The molecular formula is C20H20FN3O. The van der Waals surface area contributed by atoms with Crippen molar-refractivity contribution < 1.29 is 9.13 Å². The minimum Gasteiger partial charge on any atom is -0.378 e. The second-order valence-corrected chi connectivity index (χ2v) is 6.29. The van der Waals surface area contributed by atoms with Crippen LogP contribution in [0.2, 0.25) is 0 Å². The van der Waals surface area contributed by atoms with Gasteiger partial charge in [0.05, 0.1) is 17.8 Å². The second kappa shape index (κ2) is 6.78. The van der Waals surface area contributed by atoms with E-state index in [0.29, 0.717) is 6.61 Å². The minimum absolute atomic E-state index is 0.272. The Kier molecular flexibility index (Phi) is 4.34. The van der Waals surface area contributed by atoms with Crippen molar-refractivity contribution in [1.82, 2.24) is 10.3 Å². The number of methoxy groups -OCH3 is 1. The molecule has 2 aromatic carbocycles. The summed E-state index contributed by atoms with van der Waals surface area (Å²) in [5.41, 5.74) is 6.07. The number of fused-ring (bicyclic) bond motifs is 2. The lowest BCUT2D eigenvalue weighted by molar-refractivity contribution is 0.182. The molecule has 25 heavy (non-hydrogen) atoms. The molecule has 5 heteroatoms. The first-order valence-electron chi connectivity index (χ1n) is 8.40. The van der Waals surface area contributed by atoms with E-state index in [-0.39, 0.29) is 5.82 Å². The van der Waals surface area contributed by atoms with Gasteiger partial charge in [0.2, 0.25) is 0 Å². The van der Waals surface area contributed by atoms with Crippen molar-refractivity contribution in [3.8, 4) is 0 Å². The molecule has 1 aliphatic rings. The number of aromatic nitrogens is 1. The van der Waals surface area contributed by atoms with Crippen LogP contribution in [0.25, 0.3) is 10.9 Å². The molecule has 4 nitrogen and oxygen atoms in total. The van der Waals surface area contributed by atoms with Crippen LogP contribution >= 0.6 is 0 Å². The third-order valence-corrected chi connectivity index (χ3v) is 4.49. The van der Waals surface area contributed by atoms with Crippen molar-refractivity contribution >= 4 is 22.3 Å². The zero-order chi connectivity index (χ0) is 17.2. The molecule has 0 bridgehead atoms. The van der Waals surface area contributed by atoms with Gasteiger partial charge in [0.1, 0.15) is 5.82 Å². The highest BCUT2D eigenvalue weighted by Gasteiger charge is 2.11. The number of nitrogens with zero attached hydrogens (tertiary/aromatic N) is 1. The Morgan fingerprint density at radius 1 is 1.16 bits per heavy atom. The topological polar surface area (TPSA) is 46.2 Å². The Hall–Kier alpha value is -2.50. The molecule has 128 valence electrons. The number of hydrogen-bond acceptors (Lipinski definition) is 4. The Morgan fingerprint density at radius 2 is 2.08 bits per heavy atom. The Balaban J connectivity index is 1.75. The summed E-state index contributed by atoms with van der Waals surface area (Å²) in [5, 5.41) is 7.58. The molecule has 2 heterocycles. The molecule has 0 saturated heterocycles. The van der Waals surface area contributed by atoms with E-state index in [9.17, 15) is 4.39 Å². The SMILES string of the molecule is COCc1cc(Nc2ccc3c(c2)CNCC3)c2cc(F)ccc2n1. The number of pyridine rings is 1. The molecule has 1 aromatic heterocycles. The van der Waals surface area contributed by atoms with Gasteiger partial charge in [-0.1, -0.05) is 6.07 Å². The van der Waals surface area contributed by atoms with Gasteiger partial charge in [0.25, 0.3) is 0 Å².